The van der Waals surface area contributed by atoms with Crippen molar-refractivity contribution in [2.75, 3.05) is 23.8 Å². The second-order valence-corrected chi connectivity index (χ2v) is 6.19. The fourth-order valence-electron chi connectivity index (χ4n) is 2.25. The zero-order chi connectivity index (χ0) is 18.4. The second kappa shape index (κ2) is 8.80. The average molecular weight is 390 g/mol. The quantitative estimate of drug-likeness (QED) is 0.520. The van der Waals surface area contributed by atoms with E-state index in [1.54, 1.807) is 24.4 Å². The lowest BCUT2D eigenvalue weighted by molar-refractivity contribution is 0.292. The van der Waals surface area contributed by atoms with E-state index >= 15 is 0 Å². The summed E-state index contributed by atoms with van der Waals surface area (Å²) in [6.45, 7) is 0.649. The summed E-state index contributed by atoms with van der Waals surface area (Å²) in [5.74, 6) is 0.985. The molecule has 0 aliphatic carbocycles. The van der Waals surface area contributed by atoms with E-state index in [1.807, 2.05) is 24.3 Å². The number of benzene rings is 1. The average Bonchev–Trinajstić information content (AvgIpc) is 2.66. The maximum atomic E-state index is 8.95. The van der Waals surface area contributed by atoms with Gasteiger partial charge in [-0.15, -0.1) is 0 Å². The lowest BCUT2D eigenvalue weighted by Gasteiger charge is -2.12. The molecule has 0 aliphatic rings. The molecule has 2 aromatic heterocycles. The van der Waals surface area contributed by atoms with E-state index in [2.05, 4.69) is 25.6 Å². The molecule has 0 atom stereocenters. The van der Waals surface area contributed by atoms with Gasteiger partial charge in [0.2, 0.25) is 5.95 Å². The van der Waals surface area contributed by atoms with Crippen LogP contribution < -0.4 is 10.6 Å². The Morgan fingerprint density at radius 3 is 2.65 bits per heavy atom. The van der Waals surface area contributed by atoms with Gasteiger partial charge < -0.3 is 15.7 Å². The predicted molar refractivity (Wildman–Crippen MR) is 105 cm³/mol. The molecule has 0 saturated heterocycles. The van der Waals surface area contributed by atoms with Crippen molar-refractivity contribution in [1.82, 2.24) is 15.0 Å². The third-order valence-electron chi connectivity index (χ3n) is 3.49. The van der Waals surface area contributed by atoms with Crippen molar-refractivity contribution in [3.63, 3.8) is 0 Å². The van der Waals surface area contributed by atoms with Crippen molar-refractivity contribution in [3.05, 3.63) is 58.7 Å². The van der Waals surface area contributed by atoms with E-state index in [0.717, 1.165) is 5.69 Å². The SMILES string of the molecule is OCCCNc1nc(Nc2cccc(Cl)c2Cl)cc(-c2ccccn2)n1. The van der Waals surface area contributed by atoms with Crippen molar-refractivity contribution >= 4 is 40.7 Å². The summed E-state index contributed by atoms with van der Waals surface area (Å²) in [6.07, 6.45) is 2.30. The Kier molecular flexibility index (Phi) is 6.22. The maximum Gasteiger partial charge on any atom is 0.225 e. The van der Waals surface area contributed by atoms with E-state index in [9.17, 15) is 0 Å². The summed E-state index contributed by atoms with van der Waals surface area (Å²) < 4.78 is 0. The molecular formula is C18H17Cl2N5O. The van der Waals surface area contributed by atoms with Gasteiger partial charge in [-0.3, -0.25) is 4.98 Å². The van der Waals surface area contributed by atoms with Gasteiger partial charge in [0.1, 0.15) is 5.82 Å². The number of anilines is 3. The van der Waals surface area contributed by atoms with Crippen LogP contribution in [0.25, 0.3) is 11.4 Å². The van der Waals surface area contributed by atoms with Crippen molar-refractivity contribution in [2.45, 2.75) is 6.42 Å². The molecule has 2 heterocycles. The van der Waals surface area contributed by atoms with Gasteiger partial charge >= 0.3 is 0 Å². The number of nitrogens with zero attached hydrogens (tertiary/aromatic N) is 3. The van der Waals surface area contributed by atoms with Gasteiger partial charge in [0, 0.05) is 25.4 Å². The van der Waals surface area contributed by atoms with Gasteiger partial charge in [-0.2, -0.15) is 4.98 Å². The Morgan fingerprint density at radius 1 is 1.00 bits per heavy atom. The first-order valence-corrected chi connectivity index (χ1v) is 8.79. The summed E-state index contributed by atoms with van der Waals surface area (Å²) in [5.41, 5.74) is 2.03. The standard InChI is InChI=1S/C18H17Cl2N5O/c19-12-5-3-7-14(17(12)20)23-16-11-15(13-6-1-2-8-21-13)24-18(25-16)22-9-4-10-26/h1-3,5-8,11,26H,4,9-10H2,(H2,22,23,24,25). The zero-order valence-corrected chi connectivity index (χ0v) is 15.3. The molecule has 6 nitrogen and oxygen atoms in total. The largest absolute Gasteiger partial charge is 0.396 e. The van der Waals surface area contributed by atoms with Crippen molar-refractivity contribution in [1.29, 1.82) is 0 Å². The summed E-state index contributed by atoms with van der Waals surface area (Å²) in [5, 5.41) is 16.1. The normalized spacial score (nSPS) is 10.6. The van der Waals surface area contributed by atoms with Crippen LogP contribution in [0.5, 0.6) is 0 Å². The van der Waals surface area contributed by atoms with Crippen molar-refractivity contribution in [3.8, 4) is 11.4 Å². The molecule has 0 amide bonds. The number of hydrogen-bond acceptors (Lipinski definition) is 6. The lowest BCUT2D eigenvalue weighted by atomic mass is 10.2. The summed E-state index contributed by atoms with van der Waals surface area (Å²) >= 11 is 12.3. The third-order valence-corrected chi connectivity index (χ3v) is 4.30. The Morgan fingerprint density at radius 2 is 1.88 bits per heavy atom. The van der Waals surface area contributed by atoms with E-state index in [4.69, 9.17) is 28.3 Å². The van der Waals surface area contributed by atoms with Gasteiger partial charge in [0.05, 0.1) is 27.1 Å². The monoisotopic (exact) mass is 389 g/mol. The molecule has 0 unspecified atom stereocenters. The van der Waals surface area contributed by atoms with Gasteiger partial charge in [-0.05, 0) is 30.7 Å². The topological polar surface area (TPSA) is 83.0 Å². The van der Waals surface area contributed by atoms with E-state index in [-0.39, 0.29) is 6.61 Å². The van der Waals surface area contributed by atoms with Crippen LogP contribution in [0.4, 0.5) is 17.5 Å². The summed E-state index contributed by atoms with van der Waals surface area (Å²) in [7, 11) is 0. The number of hydrogen-bond donors (Lipinski definition) is 3. The molecule has 0 aliphatic heterocycles. The van der Waals surface area contributed by atoms with Gasteiger partial charge in [0.25, 0.3) is 0 Å². The van der Waals surface area contributed by atoms with E-state index < -0.39 is 0 Å². The van der Waals surface area contributed by atoms with Crippen LogP contribution in [0.3, 0.4) is 0 Å². The fourth-order valence-corrected chi connectivity index (χ4v) is 2.60. The van der Waals surface area contributed by atoms with Gasteiger partial charge in [-0.25, -0.2) is 4.98 Å². The molecule has 0 bridgehead atoms. The number of aliphatic hydroxyl groups excluding tert-OH is 1. The second-order valence-electron chi connectivity index (χ2n) is 5.41. The van der Waals surface area contributed by atoms with Gasteiger partial charge in [0.15, 0.2) is 0 Å². The third kappa shape index (κ3) is 4.60. The molecule has 3 rings (SSSR count). The molecular weight excluding hydrogens is 373 g/mol. The molecule has 1 aromatic carbocycles. The highest BCUT2D eigenvalue weighted by atomic mass is 35.5. The molecule has 26 heavy (non-hydrogen) atoms. The molecule has 8 heteroatoms. The number of aromatic nitrogens is 3. The predicted octanol–water partition coefficient (Wildman–Crippen LogP) is 4.38. The first-order valence-electron chi connectivity index (χ1n) is 8.03. The minimum atomic E-state index is 0.0934. The molecule has 134 valence electrons. The molecule has 0 radical (unpaired) electrons. The first kappa shape index (κ1) is 18.4. The lowest BCUT2D eigenvalue weighted by Crippen LogP contribution is -2.09. The molecule has 0 fully saturated rings. The summed E-state index contributed by atoms with van der Waals surface area (Å²) in [6, 6.07) is 12.7. The van der Waals surface area contributed by atoms with Crippen LogP contribution in [0.1, 0.15) is 6.42 Å². The van der Waals surface area contributed by atoms with Crippen LogP contribution in [0, 0.1) is 0 Å². The summed E-state index contributed by atoms with van der Waals surface area (Å²) in [4.78, 5) is 13.3. The van der Waals surface area contributed by atoms with Crippen LogP contribution in [-0.4, -0.2) is 33.2 Å². The van der Waals surface area contributed by atoms with Crippen LogP contribution >= 0.6 is 23.2 Å². The number of aliphatic hydroxyl groups is 1. The number of halogens is 2. The number of rotatable bonds is 7. The molecule has 0 spiro atoms. The number of nitrogens with one attached hydrogen (secondary N) is 2. The molecule has 3 aromatic rings. The van der Waals surface area contributed by atoms with E-state index in [1.165, 1.54) is 0 Å². The van der Waals surface area contributed by atoms with Crippen molar-refractivity contribution < 1.29 is 5.11 Å². The van der Waals surface area contributed by atoms with Crippen LogP contribution in [-0.2, 0) is 0 Å². The first-order chi connectivity index (χ1) is 12.7. The minimum Gasteiger partial charge on any atom is -0.396 e. The molecule has 0 saturated carbocycles. The van der Waals surface area contributed by atoms with Gasteiger partial charge in [-0.1, -0.05) is 35.3 Å². The minimum absolute atomic E-state index is 0.0934. The number of pyridine rings is 1. The van der Waals surface area contributed by atoms with E-state index in [0.29, 0.717) is 46.2 Å². The molecule has 3 N–H and O–H groups in total. The highest BCUT2D eigenvalue weighted by Crippen LogP contribution is 2.32. The highest BCUT2D eigenvalue weighted by molar-refractivity contribution is 6.43. The van der Waals surface area contributed by atoms with Crippen LogP contribution in [0.15, 0.2) is 48.7 Å². The zero-order valence-electron chi connectivity index (χ0n) is 13.8. The Hall–Kier alpha value is -2.41. The Labute approximate surface area is 161 Å². The van der Waals surface area contributed by atoms with Crippen LogP contribution in [0.2, 0.25) is 10.0 Å². The van der Waals surface area contributed by atoms with Crippen molar-refractivity contribution in [2.24, 2.45) is 0 Å². The Balaban J connectivity index is 1.95. The Bertz CT molecular complexity index is 877. The highest BCUT2D eigenvalue weighted by Gasteiger charge is 2.10. The maximum absolute atomic E-state index is 8.95. The smallest absolute Gasteiger partial charge is 0.225 e. The fraction of sp³-hybridized carbons (Fsp3) is 0.167.